The van der Waals surface area contributed by atoms with Gasteiger partial charge in [-0.2, -0.15) is 0 Å². The average Bonchev–Trinajstić information content (AvgIpc) is 2.63. The molecule has 0 amide bonds. The van der Waals surface area contributed by atoms with Crippen LogP contribution < -0.4 is 5.73 Å². The standard InChI is InChI=1S/C22H33NO3/c1-6-19(18-10-8-7-9-11-18)21(26-5)16(3)14-15(2)12-13-20(23)17(4)22(24)25/h7-14,16-17,19-21H,6,23H2,1-5H3,(H,24,25)/b13-12+,15-14+. The smallest absolute Gasteiger partial charge is 0.308 e. The summed E-state index contributed by atoms with van der Waals surface area (Å²) in [5.41, 5.74) is 8.25. The van der Waals surface area contributed by atoms with Gasteiger partial charge < -0.3 is 15.6 Å². The van der Waals surface area contributed by atoms with Gasteiger partial charge in [0.15, 0.2) is 0 Å². The summed E-state index contributed by atoms with van der Waals surface area (Å²) < 4.78 is 5.84. The Morgan fingerprint density at radius 1 is 1.27 bits per heavy atom. The van der Waals surface area contributed by atoms with E-state index in [1.165, 1.54) is 5.56 Å². The highest BCUT2D eigenvalue weighted by atomic mass is 16.5. The van der Waals surface area contributed by atoms with Crippen LogP contribution in [0.2, 0.25) is 0 Å². The molecule has 0 aliphatic heterocycles. The predicted octanol–water partition coefficient (Wildman–Crippen LogP) is 4.38. The second kappa shape index (κ2) is 10.9. The Kier molecular flexibility index (Phi) is 9.31. The molecule has 3 N–H and O–H groups in total. The summed E-state index contributed by atoms with van der Waals surface area (Å²) in [4.78, 5) is 11.0. The zero-order valence-electron chi connectivity index (χ0n) is 16.6. The Morgan fingerprint density at radius 2 is 1.88 bits per heavy atom. The second-order valence-electron chi connectivity index (χ2n) is 6.96. The number of carboxylic acids is 1. The van der Waals surface area contributed by atoms with E-state index in [0.717, 1.165) is 12.0 Å². The fourth-order valence-electron chi connectivity index (χ4n) is 3.26. The zero-order valence-corrected chi connectivity index (χ0v) is 16.6. The van der Waals surface area contributed by atoms with Gasteiger partial charge in [-0.25, -0.2) is 0 Å². The van der Waals surface area contributed by atoms with Crippen molar-refractivity contribution < 1.29 is 14.6 Å². The van der Waals surface area contributed by atoms with Crippen LogP contribution in [0.5, 0.6) is 0 Å². The summed E-state index contributed by atoms with van der Waals surface area (Å²) in [6.45, 7) is 7.95. The van der Waals surface area contributed by atoms with Gasteiger partial charge in [0.2, 0.25) is 0 Å². The Hall–Kier alpha value is -1.91. The molecule has 0 saturated carbocycles. The number of hydrogen-bond donors (Lipinski definition) is 2. The Labute approximate surface area is 157 Å². The molecule has 1 aromatic rings. The molecule has 0 radical (unpaired) electrons. The van der Waals surface area contributed by atoms with Gasteiger partial charge >= 0.3 is 5.97 Å². The van der Waals surface area contributed by atoms with E-state index < -0.39 is 17.9 Å². The monoisotopic (exact) mass is 359 g/mol. The molecule has 5 unspecified atom stereocenters. The molecule has 0 spiro atoms. The van der Waals surface area contributed by atoms with Crippen molar-refractivity contribution in [3.8, 4) is 0 Å². The lowest BCUT2D eigenvalue weighted by Gasteiger charge is -2.29. The van der Waals surface area contributed by atoms with E-state index in [0.29, 0.717) is 5.92 Å². The molecule has 0 aliphatic rings. The first-order chi connectivity index (χ1) is 12.3. The van der Waals surface area contributed by atoms with Crippen molar-refractivity contribution in [3.63, 3.8) is 0 Å². The van der Waals surface area contributed by atoms with Gasteiger partial charge in [-0.05, 0) is 18.9 Å². The van der Waals surface area contributed by atoms with Gasteiger partial charge in [-0.3, -0.25) is 4.79 Å². The minimum atomic E-state index is -0.884. The van der Waals surface area contributed by atoms with Gasteiger partial charge in [-0.1, -0.05) is 74.9 Å². The fraction of sp³-hybridized carbons (Fsp3) is 0.500. The number of hydrogen-bond acceptors (Lipinski definition) is 3. The van der Waals surface area contributed by atoms with Gasteiger partial charge in [0.05, 0.1) is 12.0 Å². The number of ether oxygens (including phenoxy) is 1. The maximum Gasteiger partial charge on any atom is 0.308 e. The molecule has 0 bridgehead atoms. The maximum atomic E-state index is 11.0. The SMILES string of the molecule is CCC(c1ccccc1)C(OC)C(C)/C=C(C)/C=C/C(N)C(C)C(=O)O. The van der Waals surface area contributed by atoms with Crippen molar-refractivity contribution in [1.82, 2.24) is 0 Å². The highest BCUT2D eigenvalue weighted by molar-refractivity contribution is 5.70. The topological polar surface area (TPSA) is 72.5 Å². The van der Waals surface area contributed by atoms with Crippen molar-refractivity contribution in [3.05, 3.63) is 59.7 Å². The van der Waals surface area contributed by atoms with E-state index >= 15 is 0 Å². The summed E-state index contributed by atoms with van der Waals surface area (Å²) in [7, 11) is 1.76. The Morgan fingerprint density at radius 3 is 2.38 bits per heavy atom. The van der Waals surface area contributed by atoms with E-state index in [9.17, 15) is 4.79 Å². The number of aliphatic carboxylic acids is 1. The van der Waals surface area contributed by atoms with Crippen LogP contribution in [-0.2, 0) is 9.53 Å². The molecule has 5 atom stereocenters. The normalized spacial score (nSPS) is 18.3. The first-order valence-electron chi connectivity index (χ1n) is 9.24. The van der Waals surface area contributed by atoms with Crippen LogP contribution in [-0.4, -0.2) is 30.3 Å². The van der Waals surface area contributed by atoms with Crippen LogP contribution in [0, 0.1) is 11.8 Å². The van der Waals surface area contributed by atoms with Crippen LogP contribution in [0.15, 0.2) is 54.1 Å². The zero-order chi connectivity index (χ0) is 19.7. The molecule has 4 heteroatoms. The average molecular weight is 360 g/mol. The predicted molar refractivity (Wildman–Crippen MR) is 107 cm³/mol. The van der Waals surface area contributed by atoms with Crippen molar-refractivity contribution in [2.24, 2.45) is 17.6 Å². The summed E-state index contributed by atoms with van der Waals surface area (Å²) >= 11 is 0. The Balaban J connectivity index is 2.88. The molecule has 4 nitrogen and oxygen atoms in total. The highest BCUT2D eigenvalue weighted by Gasteiger charge is 2.25. The van der Waals surface area contributed by atoms with E-state index in [4.69, 9.17) is 15.6 Å². The summed E-state index contributed by atoms with van der Waals surface area (Å²) in [5.74, 6) is -0.961. The molecule has 0 heterocycles. The van der Waals surface area contributed by atoms with Crippen molar-refractivity contribution in [2.75, 3.05) is 7.11 Å². The minimum Gasteiger partial charge on any atom is -0.481 e. The molecule has 0 saturated heterocycles. The van der Waals surface area contributed by atoms with E-state index in [1.807, 2.05) is 19.1 Å². The molecular weight excluding hydrogens is 326 g/mol. The third-order valence-corrected chi connectivity index (χ3v) is 4.93. The van der Waals surface area contributed by atoms with Gasteiger partial charge in [0.25, 0.3) is 0 Å². The molecule has 1 rings (SSSR count). The number of carboxylic acid groups (broad SMARTS) is 1. The lowest BCUT2D eigenvalue weighted by Crippen LogP contribution is -2.31. The lowest BCUT2D eigenvalue weighted by atomic mass is 9.84. The molecule has 0 aromatic heterocycles. The molecule has 0 aliphatic carbocycles. The third-order valence-electron chi connectivity index (χ3n) is 4.93. The quantitative estimate of drug-likeness (QED) is 0.608. The van der Waals surface area contributed by atoms with Crippen LogP contribution in [0.1, 0.15) is 45.6 Å². The fourth-order valence-corrected chi connectivity index (χ4v) is 3.26. The third kappa shape index (κ3) is 6.43. The number of carbonyl (C=O) groups is 1. The van der Waals surface area contributed by atoms with Crippen LogP contribution in [0.4, 0.5) is 0 Å². The van der Waals surface area contributed by atoms with Crippen molar-refractivity contribution in [1.29, 1.82) is 0 Å². The number of rotatable bonds is 10. The van der Waals surface area contributed by atoms with E-state index in [2.05, 4.69) is 44.2 Å². The summed E-state index contributed by atoms with van der Waals surface area (Å²) in [5, 5.41) is 9.02. The number of nitrogens with two attached hydrogens (primary N) is 1. The lowest BCUT2D eigenvalue weighted by molar-refractivity contribution is -0.141. The van der Waals surface area contributed by atoms with Crippen LogP contribution in [0.3, 0.4) is 0 Å². The van der Waals surface area contributed by atoms with Crippen molar-refractivity contribution >= 4 is 5.97 Å². The molecule has 144 valence electrons. The van der Waals surface area contributed by atoms with Crippen molar-refractivity contribution in [2.45, 2.75) is 52.2 Å². The Bertz CT molecular complexity index is 609. The second-order valence-corrected chi connectivity index (χ2v) is 6.96. The van der Waals surface area contributed by atoms with Crippen LogP contribution >= 0.6 is 0 Å². The highest BCUT2D eigenvalue weighted by Crippen LogP contribution is 2.30. The van der Waals surface area contributed by atoms with E-state index in [-0.39, 0.29) is 12.0 Å². The van der Waals surface area contributed by atoms with Gasteiger partial charge in [-0.15, -0.1) is 0 Å². The van der Waals surface area contributed by atoms with Gasteiger partial charge in [0.1, 0.15) is 0 Å². The number of allylic oxidation sites excluding steroid dienone is 2. The largest absolute Gasteiger partial charge is 0.481 e. The molecule has 26 heavy (non-hydrogen) atoms. The van der Waals surface area contributed by atoms with Crippen LogP contribution in [0.25, 0.3) is 0 Å². The molecule has 0 fully saturated rings. The minimum absolute atomic E-state index is 0.0670. The summed E-state index contributed by atoms with van der Waals surface area (Å²) in [6.07, 6.45) is 6.88. The maximum absolute atomic E-state index is 11.0. The number of benzene rings is 1. The summed E-state index contributed by atoms with van der Waals surface area (Å²) in [6, 6.07) is 9.94. The number of methoxy groups -OCH3 is 1. The van der Waals surface area contributed by atoms with Gasteiger partial charge in [0, 0.05) is 25.0 Å². The van der Waals surface area contributed by atoms with E-state index in [1.54, 1.807) is 20.1 Å². The first kappa shape index (κ1) is 22.1. The first-order valence-corrected chi connectivity index (χ1v) is 9.24. The molecule has 1 aromatic carbocycles. The molecular formula is C22H33NO3.